The van der Waals surface area contributed by atoms with Crippen molar-refractivity contribution < 1.29 is 14.6 Å². The molecule has 0 fully saturated rings. The summed E-state index contributed by atoms with van der Waals surface area (Å²) in [5.74, 6) is 0.0858. The lowest BCUT2D eigenvalue weighted by Crippen LogP contribution is -2.40. The highest BCUT2D eigenvalue weighted by Gasteiger charge is 2.26. The third-order valence-corrected chi connectivity index (χ3v) is 3.24. The highest BCUT2D eigenvalue weighted by molar-refractivity contribution is 5.73. The van der Waals surface area contributed by atoms with Crippen LogP contribution in [0.5, 0.6) is 5.75 Å². The van der Waals surface area contributed by atoms with Gasteiger partial charge in [-0.15, -0.1) is 0 Å². The molecule has 2 atom stereocenters. The Morgan fingerprint density at radius 2 is 2.33 bits per heavy atom. The van der Waals surface area contributed by atoms with Crippen LogP contribution in [0.3, 0.4) is 0 Å². The Hall–Kier alpha value is -1.55. The summed E-state index contributed by atoms with van der Waals surface area (Å²) in [6, 6.07) is 7.41. The molecule has 0 aromatic heterocycles. The van der Waals surface area contributed by atoms with Crippen molar-refractivity contribution in [3.8, 4) is 5.75 Å². The highest BCUT2D eigenvalue weighted by Crippen LogP contribution is 2.31. The van der Waals surface area contributed by atoms with E-state index in [4.69, 9.17) is 4.74 Å². The number of ether oxygens (including phenoxy) is 1. The summed E-state index contributed by atoms with van der Waals surface area (Å²) in [4.78, 5) is 11.2. The van der Waals surface area contributed by atoms with Gasteiger partial charge in [-0.05, 0) is 12.5 Å². The maximum Gasteiger partial charge on any atom is 0.320 e. The molecule has 98 valence electrons. The van der Waals surface area contributed by atoms with Crippen molar-refractivity contribution >= 4 is 5.97 Å². The molecule has 2 unspecified atom stereocenters. The zero-order valence-electron chi connectivity index (χ0n) is 10.6. The van der Waals surface area contributed by atoms with E-state index in [0.29, 0.717) is 13.0 Å². The minimum absolute atomic E-state index is 0.0719. The number of para-hydroxylation sites is 1. The van der Waals surface area contributed by atoms with Crippen LogP contribution in [-0.2, 0) is 4.79 Å². The molecule has 0 radical (unpaired) electrons. The number of rotatable bonds is 5. The average molecular weight is 249 g/mol. The van der Waals surface area contributed by atoms with Crippen LogP contribution in [0, 0.1) is 0 Å². The van der Waals surface area contributed by atoms with Gasteiger partial charge in [0.1, 0.15) is 11.8 Å². The maximum atomic E-state index is 11.2. The Morgan fingerprint density at radius 3 is 3.06 bits per heavy atom. The van der Waals surface area contributed by atoms with Crippen LogP contribution in [0.25, 0.3) is 0 Å². The van der Waals surface area contributed by atoms with Crippen LogP contribution in [0.15, 0.2) is 24.3 Å². The zero-order valence-corrected chi connectivity index (χ0v) is 10.6. The van der Waals surface area contributed by atoms with E-state index in [9.17, 15) is 9.90 Å². The van der Waals surface area contributed by atoms with Gasteiger partial charge >= 0.3 is 5.97 Å². The van der Waals surface area contributed by atoms with Crippen molar-refractivity contribution in [1.29, 1.82) is 0 Å². The molecule has 0 spiro atoms. The van der Waals surface area contributed by atoms with E-state index in [1.807, 2.05) is 31.2 Å². The first-order valence-electron chi connectivity index (χ1n) is 6.43. The van der Waals surface area contributed by atoms with Crippen LogP contribution in [-0.4, -0.2) is 23.7 Å². The number of carboxylic acid groups (broad SMARTS) is 1. The Balaban J connectivity index is 2.12. The first kappa shape index (κ1) is 12.9. The second kappa shape index (κ2) is 5.87. The number of carbonyl (C=O) groups is 1. The Morgan fingerprint density at radius 1 is 1.56 bits per heavy atom. The summed E-state index contributed by atoms with van der Waals surface area (Å²) in [5.41, 5.74) is 1.06. The molecule has 0 saturated carbocycles. The predicted molar refractivity (Wildman–Crippen MR) is 68.8 cm³/mol. The number of carboxylic acids is 1. The molecule has 1 aliphatic rings. The lowest BCUT2D eigenvalue weighted by molar-refractivity contribution is -0.140. The molecule has 0 aliphatic carbocycles. The number of nitrogens with one attached hydrogen (secondary N) is 1. The van der Waals surface area contributed by atoms with Crippen molar-refractivity contribution in [2.24, 2.45) is 0 Å². The summed E-state index contributed by atoms with van der Waals surface area (Å²) in [5, 5.41) is 12.4. The third kappa shape index (κ3) is 2.82. The van der Waals surface area contributed by atoms with E-state index in [0.717, 1.165) is 24.2 Å². The zero-order chi connectivity index (χ0) is 13.0. The van der Waals surface area contributed by atoms with Crippen LogP contribution in [0.2, 0.25) is 0 Å². The fourth-order valence-electron chi connectivity index (χ4n) is 2.32. The molecular weight excluding hydrogens is 230 g/mol. The minimum atomic E-state index is -0.777. The molecule has 4 nitrogen and oxygen atoms in total. The Labute approximate surface area is 107 Å². The van der Waals surface area contributed by atoms with Crippen LogP contribution in [0.1, 0.15) is 37.8 Å². The smallest absolute Gasteiger partial charge is 0.320 e. The molecule has 4 heteroatoms. The Bertz CT molecular complexity index is 419. The van der Waals surface area contributed by atoms with E-state index < -0.39 is 12.0 Å². The standard InChI is InChI=1S/C14H19NO3/c1-2-5-12(14(16)17)15-11-8-9-18-13-7-4-3-6-10(11)13/h3-4,6-7,11-12,15H,2,5,8-9H2,1H3,(H,16,17). The minimum Gasteiger partial charge on any atom is -0.493 e. The average Bonchev–Trinajstić information content (AvgIpc) is 2.38. The van der Waals surface area contributed by atoms with E-state index in [-0.39, 0.29) is 6.04 Å². The van der Waals surface area contributed by atoms with Gasteiger partial charge < -0.3 is 9.84 Å². The SMILES string of the molecule is CCCC(NC1CCOc2ccccc21)C(=O)O. The molecule has 0 saturated heterocycles. The summed E-state index contributed by atoms with van der Waals surface area (Å²) < 4.78 is 5.57. The van der Waals surface area contributed by atoms with Crippen molar-refractivity contribution in [3.63, 3.8) is 0 Å². The molecule has 1 aromatic rings. The van der Waals surface area contributed by atoms with Crippen LogP contribution < -0.4 is 10.1 Å². The van der Waals surface area contributed by atoms with Crippen molar-refractivity contribution in [2.45, 2.75) is 38.3 Å². The van der Waals surface area contributed by atoms with Crippen LogP contribution in [0.4, 0.5) is 0 Å². The lowest BCUT2D eigenvalue weighted by Gasteiger charge is -2.29. The monoisotopic (exact) mass is 249 g/mol. The van der Waals surface area contributed by atoms with Gasteiger partial charge in [-0.3, -0.25) is 10.1 Å². The van der Waals surface area contributed by atoms with Crippen molar-refractivity contribution in [2.75, 3.05) is 6.61 Å². The van der Waals surface area contributed by atoms with Gasteiger partial charge in [0, 0.05) is 18.0 Å². The maximum absolute atomic E-state index is 11.2. The summed E-state index contributed by atoms with van der Waals surface area (Å²) in [7, 11) is 0. The summed E-state index contributed by atoms with van der Waals surface area (Å²) in [6.07, 6.45) is 2.31. The molecule has 1 heterocycles. The summed E-state index contributed by atoms with van der Waals surface area (Å²) in [6.45, 7) is 2.63. The van der Waals surface area contributed by atoms with E-state index in [2.05, 4.69) is 5.32 Å². The normalized spacial score (nSPS) is 19.7. The molecule has 0 bridgehead atoms. The number of fused-ring (bicyclic) bond motifs is 1. The van der Waals surface area contributed by atoms with Gasteiger partial charge in [0.15, 0.2) is 0 Å². The van der Waals surface area contributed by atoms with Crippen molar-refractivity contribution in [1.82, 2.24) is 5.32 Å². The van der Waals surface area contributed by atoms with Gasteiger partial charge in [0.05, 0.1) is 6.61 Å². The first-order valence-corrected chi connectivity index (χ1v) is 6.43. The fourth-order valence-corrected chi connectivity index (χ4v) is 2.32. The second-order valence-electron chi connectivity index (χ2n) is 4.57. The van der Waals surface area contributed by atoms with Gasteiger partial charge in [-0.2, -0.15) is 0 Å². The predicted octanol–water partition coefficient (Wildman–Crippen LogP) is 2.35. The number of aliphatic carboxylic acids is 1. The number of hydrogen-bond donors (Lipinski definition) is 2. The lowest BCUT2D eigenvalue weighted by atomic mass is 9.99. The number of benzene rings is 1. The molecule has 18 heavy (non-hydrogen) atoms. The number of hydrogen-bond acceptors (Lipinski definition) is 3. The van der Waals surface area contributed by atoms with Gasteiger partial charge in [0.2, 0.25) is 0 Å². The molecule has 2 N–H and O–H groups in total. The highest BCUT2D eigenvalue weighted by atomic mass is 16.5. The summed E-state index contributed by atoms with van der Waals surface area (Å²) >= 11 is 0. The van der Waals surface area contributed by atoms with Gasteiger partial charge in [-0.1, -0.05) is 31.5 Å². The van der Waals surface area contributed by atoms with E-state index in [1.165, 1.54) is 0 Å². The topological polar surface area (TPSA) is 58.6 Å². The Kier molecular flexibility index (Phi) is 4.20. The van der Waals surface area contributed by atoms with Crippen LogP contribution >= 0.6 is 0 Å². The molecule has 2 rings (SSSR count). The second-order valence-corrected chi connectivity index (χ2v) is 4.57. The fraction of sp³-hybridized carbons (Fsp3) is 0.500. The third-order valence-electron chi connectivity index (χ3n) is 3.24. The molecule has 0 amide bonds. The first-order chi connectivity index (χ1) is 8.72. The van der Waals surface area contributed by atoms with Crippen molar-refractivity contribution in [3.05, 3.63) is 29.8 Å². The van der Waals surface area contributed by atoms with E-state index in [1.54, 1.807) is 0 Å². The largest absolute Gasteiger partial charge is 0.493 e. The quantitative estimate of drug-likeness (QED) is 0.841. The van der Waals surface area contributed by atoms with E-state index >= 15 is 0 Å². The van der Waals surface area contributed by atoms with Gasteiger partial charge in [-0.25, -0.2) is 0 Å². The molecule has 1 aliphatic heterocycles. The van der Waals surface area contributed by atoms with Gasteiger partial charge in [0.25, 0.3) is 0 Å². The molecule has 1 aromatic carbocycles. The molecular formula is C14H19NO3.